The van der Waals surface area contributed by atoms with Gasteiger partial charge in [0.2, 0.25) is 5.91 Å². The summed E-state index contributed by atoms with van der Waals surface area (Å²) in [4.78, 5) is 21.8. The van der Waals surface area contributed by atoms with Crippen molar-refractivity contribution < 1.29 is 14.7 Å². The first-order chi connectivity index (χ1) is 8.49. The standard InChI is InChI=1S/C12H15BrN2O3/c1-8-2-3-10(9(13)6-8)15-11(16)7-14-5-4-12(17)18/h2-3,6,14H,4-5,7H2,1H3,(H,15,16)(H,17,18). The predicted molar refractivity (Wildman–Crippen MR) is 72.6 cm³/mol. The fourth-order valence-corrected chi connectivity index (χ4v) is 1.91. The number of anilines is 1. The van der Waals surface area contributed by atoms with Crippen molar-refractivity contribution in [3.05, 3.63) is 28.2 Å². The second-order valence-corrected chi connectivity index (χ2v) is 4.71. The van der Waals surface area contributed by atoms with E-state index in [1.165, 1.54) is 0 Å². The molecule has 0 aliphatic heterocycles. The molecule has 0 aliphatic carbocycles. The van der Waals surface area contributed by atoms with Gasteiger partial charge in [-0.2, -0.15) is 0 Å². The highest BCUT2D eigenvalue weighted by Gasteiger charge is 2.05. The van der Waals surface area contributed by atoms with E-state index in [0.29, 0.717) is 5.69 Å². The molecule has 98 valence electrons. The van der Waals surface area contributed by atoms with Gasteiger partial charge in [0.05, 0.1) is 18.7 Å². The Balaban J connectivity index is 2.38. The molecule has 0 unspecified atom stereocenters. The number of benzene rings is 1. The lowest BCUT2D eigenvalue weighted by atomic mass is 10.2. The zero-order chi connectivity index (χ0) is 13.5. The van der Waals surface area contributed by atoms with Gasteiger partial charge in [0.1, 0.15) is 0 Å². The molecule has 0 radical (unpaired) electrons. The monoisotopic (exact) mass is 314 g/mol. The quantitative estimate of drug-likeness (QED) is 0.699. The van der Waals surface area contributed by atoms with Gasteiger partial charge in [-0.05, 0) is 40.5 Å². The molecule has 0 aromatic heterocycles. The lowest BCUT2D eigenvalue weighted by Gasteiger charge is -2.08. The van der Waals surface area contributed by atoms with Gasteiger partial charge in [0.25, 0.3) is 0 Å². The average Bonchev–Trinajstić information content (AvgIpc) is 2.28. The number of aliphatic carboxylic acids is 1. The molecule has 3 N–H and O–H groups in total. The summed E-state index contributed by atoms with van der Waals surface area (Å²) in [6, 6.07) is 5.63. The van der Waals surface area contributed by atoms with Crippen LogP contribution in [0.4, 0.5) is 5.69 Å². The third kappa shape index (κ3) is 5.29. The van der Waals surface area contributed by atoms with Crippen LogP contribution in [0.3, 0.4) is 0 Å². The number of hydrogen-bond donors (Lipinski definition) is 3. The number of halogens is 1. The molecule has 1 rings (SSSR count). The Bertz CT molecular complexity index is 449. The molecule has 1 aromatic carbocycles. The van der Waals surface area contributed by atoms with E-state index in [2.05, 4.69) is 26.6 Å². The van der Waals surface area contributed by atoms with Gasteiger partial charge in [-0.1, -0.05) is 6.07 Å². The first-order valence-electron chi connectivity index (χ1n) is 5.47. The van der Waals surface area contributed by atoms with E-state index in [0.717, 1.165) is 10.0 Å². The summed E-state index contributed by atoms with van der Waals surface area (Å²) in [5, 5.41) is 13.9. The molecule has 1 amide bonds. The molecule has 0 fully saturated rings. The third-order valence-corrected chi connectivity index (χ3v) is 2.86. The van der Waals surface area contributed by atoms with Crippen LogP contribution in [-0.2, 0) is 9.59 Å². The molecule has 0 aliphatic rings. The fraction of sp³-hybridized carbons (Fsp3) is 0.333. The summed E-state index contributed by atoms with van der Waals surface area (Å²) in [5.41, 5.74) is 1.80. The SMILES string of the molecule is Cc1ccc(NC(=O)CNCCC(=O)O)c(Br)c1. The molecule has 0 bridgehead atoms. The highest BCUT2D eigenvalue weighted by Crippen LogP contribution is 2.22. The summed E-state index contributed by atoms with van der Waals surface area (Å²) in [6.07, 6.45) is 0.00149. The number of hydrogen-bond acceptors (Lipinski definition) is 3. The van der Waals surface area contributed by atoms with Crippen LogP contribution in [0.25, 0.3) is 0 Å². The lowest BCUT2D eigenvalue weighted by Crippen LogP contribution is -2.29. The van der Waals surface area contributed by atoms with E-state index >= 15 is 0 Å². The van der Waals surface area contributed by atoms with Crippen LogP contribution in [0.15, 0.2) is 22.7 Å². The molecule has 18 heavy (non-hydrogen) atoms. The summed E-state index contributed by atoms with van der Waals surface area (Å²) >= 11 is 3.36. The van der Waals surface area contributed by atoms with Crippen molar-refractivity contribution in [1.29, 1.82) is 0 Å². The molecular formula is C12H15BrN2O3. The number of aryl methyl sites for hydroxylation is 1. The van der Waals surface area contributed by atoms with Gasteiger partial charge >= 0.3 is 5.97 Å². The molecule has 0 atom stereocenters. The van der Waals surface area contributed by atoms with Gasteiger partial charge in [-0.15, -0.1) is 0 Å². The summed E-state index contributed by atoms with van der Waals surface area (Å²) in [6.45, 7) is 2.33. The number of carbonyl (C=O) groups is 2. The highest BCUT2D eigenvalue weighted by molar-refractivity contribution is 9.10. The number of carbonyl (C=O) groups excluding carboxylic acids is 1. The van der Waals surface area contributed by atoms with Gasteiger partial charge < -0.3 is 15.7 Å². The van der Waals surface area contributed by atoms with Crippen molar-refractivity contribution in [2.45, 2.75) is 13.3 Å². The van der Waals surface area contributed by atoms with Gasteiger partial charge in [-0.3, -0.25) is 9.59 Å². The number of carboxylic acids is 1. The summed E-state index contributed by atoms with van der Waals surface area (Å²) in [5.74, 6) is -1.09. The number of rotatable bonds is 6. The van der Waals surface area contributed by atoms with E-state index in [1.807, 2.05) is 25.1 Å². The molecule has 1 aromatic rings. The van der Waals surface area contributed by atoms with Gasteiger partial charge in [0, 0.05) is 11.0 Å². The maximum atomic E-state index is 11.6. The van der Waals surface area contributed by atoms with Crippen molar-refractivity contribution in [3.63, 3.8) is 0 Å². The molecular weight excluding hydrogens is 300 g/mol. The van der Waals surface area contributed by atoms with Crippen molar-refractivity contribution in [3.8, 4) is 0 Å². The van der Waals surface area contributed by atoms with E-state index in [4.69, 9.17) is 5.11 Å². The Morgan fingerprint density at radius 2 is 2.11 bits per heavy atom. The molecule has 0 saturated heterocycles. The first kappa shape index (κ1) is 14.7. The third-order valence-electron chi connectivity index (χ3n) is 2.20. The van der Waals surface area contributed by atoms with Crippen molar-refractivity contribution in [2.24, 2.45) is 0 Å². The Kier molecular flexibility index (Phi) is 5.80. The second-order valence-electron chi connectivity index (χ2n) is 3.85. The number of carboxylic acid groups (broad SMARTS) is 1. The lowest BCUT2D eigenvalue weighted by molar-refractivity contribution is -0.137. The number of amides is 1. The maximum Gasteiger partial charge on any atom is 0.304 e. The van der Waals surface area contributed by atoms with Gasteiger partial charge in [-0.25, -0.2) is 0 Å². The largest absolute Gasteiger partial charge is 0.481 e. The fourth-order valence-electron chi connectivity index (χ4n) is 1.31. The van der Waals surface area contributed by atoms with Crippen LogP contribution >= 0.6 is 15.9 Å². The van der Waals surface area contributed by atoms with Crippen molar-refractivity contribution in [1.82, 2.24) is 5.32 Å². The second kappa shape index (κ2) is 7.13. The van der Waals surface area contributed by atoms with Crippen molar-refractivity contribution >= 4 is 33.5 Å². The van der Waals surface area contributed by atoms with Crippen LogP contribution in [-0.4, -0.2) is 30.1 Å². The summed E-state index contributed by atoms with van der Waals surface area (Å²) < 4.78 is 0.821. The average molecular weight is 315 g/mol. The number of nitrogens with one attached hydrogen (secondary N) is 2. The predicted octanol–water partition coefficient (Wildman–Crippen LogP) is 1.76. The smallest absolute Gasteiger partial charge is 0.304 e. The highest BCUT2D eigenvalue weighted by atomic mass is 79.9. The van der Waals surface area contributed by atoms with Crippen molar-refractivity contribution in [2.75, 3.05) is 18.4 Å². The zero-order valence-corrected chi connectivity index (χ0v) is 11.6. The van der Waals surface area contributed by atoms with Crippen LogP contribution < -0.4 is 10.6 Å². The van der Waals surface area contributed by atoms with Gasteiger partial charge in [0.15, 0.2) is 0 Å². The molecule has 5 nitrogen and oxygen atoms in total. The van der Waals surface area contributed by atoms with Crippen LogP contribution in [0.1, 0.15) is 12.0 Å². The molecule has 0 spiro atoms. The van der Waals surface area contributed by atoms with E-state index < -0.39 is 5.97 Å². The Morgan fingerprint density at radius 1 is 1.39 bits per heavy atom. The Morgan fingerprint density at radius 3 is 2.72 bits per heavy atom. The van der Waals surface area contributed by atoms with E-state index in [-0.39, 0.29) is 25.4 Å². The van der Waals surface area contributed by atoms with Crippen LogP contribution in [0.5, 0.6) is 0 Å². The Hall–Kier alpha value is -1.40. The van der Waals surface area contributed by atoms with Crippen LogP contribution in [0.2, 0.25) is 0 Å². The van der Waals surface area contributed by atoms with Crippen LogP contribution in [0, 0.1) is 6.92 Å². The molecule has 6 heteroatoms. The minimum absolute atomic E-state index is 0.00149. The minimum atomic E-state index is -0.885. The Labute approximate surface area is 114 Å². The normalized spacial score (nSPS) is 10.1. The summed E-state index contributed by atoms with van der Waals surface area (Å²) in [7, 11) is 0. The molecule has 0 saturated carbocycles. The van der Waals surface area contributed by atoms with E-state index in [1.54, 1.807) is 0 Å². The minimum Gasteiger partial charge on any atom is -0.481 e. The molecule has 0 heterocycles. The first-order valence-corrected chi connectivity index (χ1v) is 6.27. The zero-order valence-electron chi connectivity index (χ0n) is 10.00. The van der Waals surface area contributed by atoms with E-state index in [9.17, 15) is 9.59 Å². The topological polar surface area (TPSA) is 78.4 Å². The maximum absolute atomic E-state index is 11.6.